The molecule has 0 unspecified atom stereocenters. The van der Waals surface area contributed by atoms with Crippen molar-refractivity contribution < 1.29 is 23.1 Å². The zero-order valence-corrected chi connectivity index (χ0v) is 19.1. The third kappa shape index (κ3) is 6.06. The highest BCUT2D eigenvalue weighted by Crippen LogP contribution is 2.27. The van der Waals surface area contributed by atoms with Crippen LogP contribution in [0.5, 0.6) is 0 Å². The van der Waals surface area contributed by atoms with Crippen molar-refractivity contribution in [1.29, 1.82) is 0 Å². The van der Waals surface area contributed by atoms with Crippen LogP contribution in [0.3, 0.4) is 0 Å². The predicted octanol–water partition coefficient (Wildman–Crippen LogP) is 2.41. The minimum atomic E-state index is -3.76. The van der Waals surface area contributed by atoms with Gasteiger partial charge in [-0.05, 0) is 51.5 Å². The molecule has 2 atom stereocenters. The molecule has 2 N–H and O–H groups in total. The lowest BCUT2D eigenvalue weighted by Crippen LogP contribution is -2.42. The highest BCUT2D eigenvalue weighted by molar-refractivity contribution is 7.89. The monoisotopic (exact) mass is 446 g/mol. The molecule has 0 amide bonds. The number of hydrogen-bond acceptors (Lipinski definition) is 6. The third-order valence-corrected chi connectivity index (χ3v) is 6.52. The molecule has 2 aromatic rings. The number of sulfonamides is 1. The van der Waals surface area contributed by atoms with Crippen molar-refractivity contribution in [2.24, 2.45) is 0 Å². The third-order valence-electron chi connectivity index (χ3n) is 5.01. The summed E-state index contributed by atoms with van der Waals surface area (Å²) in [4.78, 5) is 14.4. The molecule has 1 aliphatic heterocycles. The fourth-order valence-electron chi connectivity index (χ4n) is 3.59. The first-order valence-corrected chi connectivity index (χ1v) is 11.7. The maximum absolute atomic E-state index is 12.7. The van der Waals surface area contributed by atoms with Crippen LogP contribution in [0, 0.1) is 6.92 Å². The van der Waals surface area contributed by atoms with Crippen molar-refractivity contribution in [3.63, 3.8) is 0 Å². The molecule has 0 radical (unpaired) electrons. The van der Waals surface area contributed by atoms with Crippen molar-refractivity contribution in [3.05, 3.63) is 59.7 Å². The van der Waals surface area contributed by atoms with E-state index in [9.17, 15) is 18.3 Å². The van der Waals surface area contributed by atoms with Gasteiger partial charge >= 0.3 is 5.97 Å². The lowest BCUT2D eigenvalue weighted by atomic mass is 10.1. The fourth-order valence-corrected chi connectivity index (χ4v) is 4.85. The molecule has 1 heterocycles. The molecule has 8 heteroatoms. The molecule has 0 aromatic heterocycles. The van der Waals surface area contributed by atoms with Gasteiger partial charge in [0.05, 0.1) is 23.5 Å². The minimum absolute atomic E-state index is 0.0970. The summed E-state index contributed by atoms with van der Waals surface area (Å²) in [5.74, 6) is -0.337. The normalized spacial score (nSPS) is 19.5. The van der Waals surface area contributed by atoms with E-state index in [0.717, 1.165) is 16.8 Å². The SMILES string of the molecule is Cc1ccc(S(=O)(=O)N[C@H]2CN(c3ccccc3CC(=O)OC(C)(C)C)C[C@H]2O)cc1. The molecule has 2 aromatic carbocycles. The van der Waals surface area contributed by atoms with E-state index in [1.807, 2.05) is 56.9 Å². The molecule has 1 aliphatic rings. The Kier molecular flexibility index (Phi) is 6.73. The van der Waals surface area contributed by atoms with Gasteiger partial charge in [-0.3, -0.25) is 4.79 Å². The molecule has 1 saturated heterocycles. The van der Waals surface area contributed by atoms with Crippen LogP contribution < -0.4 is 9.62 Å². The van der Waals surface area contributed by atoms with Gasteiger partial charge in [-0.1, -0.05) is 35.9 Å². The number of β-amino-alcohol motifs (C(OH)–C–C–N with tert-alkyl or cyclic N) is 1. The van der Waals surface area contributed by atoms with E-state index in [-0.39, 0.29) is 30.4 Å². The number of carbonyl (C=O) groups is 1. The lowest BCUT2D eigenvalue weighted by molar-refractivity contribution is -0.153. The number of nitrogens with one attached hydrogen (secondary N) is 1. The number of rotatable bonds is 6. The summed E-state index contributed by atoms with van der Waals surface area (Å²) >= 11 is 0. The average molecular weight is 447 g/mol. The first kappa shape index (κ1) is 23.2. The molecule has 0 spiro atoms. The molecule has 7 nitrogen and oxygen atoms in total. The Morgan fingerprint density at radius 2 is 1.77 bits per heavy atom. The highest BCUT2D eigenvalue weighted by atomic mass is 32.2. The van der Waals surface area contributed by atoms with Crippen LogP contribution in [-0.2, 0) is 26.0 Å². The zero-order chi connectivity index (χ0) is 22.8. The smallest absolute Gasteiger partial charge is 0.310 e. The fraction of sp³-hybridized carbons (Fsp3) is 0.435. The second-order valence-corrected chi connectivity index (χ2v) is 10.6. The van der Waals surface area contributed by atoms with Gasteiger partial charge in [0.1, 0.15) is 5.60 Å². The van der Waals surface area contributed by atoms with Crippen LogP contribution in [0.25, 0.3) is 0 Å². The molecule has 0 saturated carbocycles. The van der Waals surface area contributed by atoms with Gasteiger partial charge in [0, 0.05) is 18.8 Å². The summed E-state index contributed by atoms with van der Waals surface area (Å²) in [6.45, 7) is 7.89. The Labute approximate surface area is 184 Å². The van der Waals surface area contributed by atoms with E-state index < -0.39 is 27.8 Å². The summed E-state index contributed by atoms with van der Waals surface area (Å²) < 4.78 is 33.5. The van der Waals surface area contributed by atoms with E-state index in [0.29, 0.717) is 0 Å². The number of aliphatic hydroxyl groups excluding tert-OH is 1. The van der Waals surface area contributed by atoms with E-state index in [4.69, 9.17) is 4.74 Å². The number of para-hydroxylation sites is 1. The summed E-state index contributed by atoms with van der Waals surface area (Å²) in [6.07, 6.45) is -0.783. The molecule has 3 rings (SSSR count). The Morgan fingerprint density at radius 3 is 2.42 bits per heavy atom. The Hall–Kier alpha value is -2.42. The number of nitrogens with zero attached hydrogens (tertiary/aromatic N) is 1. The molecule has 1 fully saturated rings. The summed E-state index contributed by atoms with van der Waals surface area (Å²) in [5, 5.41) is 10.5. The van der Waals surface area contributed by atoms with Crippen molar-refractivity contribution in [2.45, 2.75) is 56.8 Å². The maximum atomic E-state index is 12.7. The van der Waals surface area contributed by atoms with Gasteiger partial charge in [-0.2, -0.15) is 0 Å². The second-order valence-electron chi connectivity index (χ2n) is 8.91. The summed E-state index contributed by atoms with van der Waals surface area (Å²) in [6, 6.07) is 13.3. The quantitative estimate of drug-likeness (QED) is 0.662. The maximum Gasteiger partial charge on any atom is 0.310 e. The lowest BCUT2D eigenvalue weighted by Gasteiger charge is -2.23. The predicted molar refractivity (Wildman–Crippen MR) is 119 cm³/mol. The van der Waals surface area contributed by atoms with Crippen LogP contribution in [0.15, 0.2) is 53.4 Å². The van der Waals surface area contributed by atoms with Gasteiger partial charge in [-0.15, -0.1) is 0 Å². The minimum Gasteiger partial charge on any atom is -0.460 e. The largest absolute Gasteiger partial charge is 0.460 e. The van der Waals surface area contributed by atoms with Crippen molar-refractivity contribution in [1.82, 2.24) is 4.72 Å². The number of aliphatic hydroxyl groups is 1. The first-order valence-electron chi connectivity index (χ1n) is 10.3. The molecular weight excluding hydrogens is 416 g/mol. The Balaban J connectivity index is 1.74. The van der Waals surface area contributed by atoms with Crippen LogP contribution >= 0.6 is 0 Å². The van der Waals surface area contributed by atoms with E-state index >= 15 is 0 Å². The van der Waals surface area contributed by atoms with Crippen molar-refractivity contribution in [2.75, 3.05) is 18.0 Å². The second kappa shape index (κ2) is 8.98. The first-order chi connectivity index (χ1) is 14.4. The number of hydrogen-bond donors (Lipinski definition) is 2. The van der Waals surface area contributed by atoms with Crippen molar-refractivity contribution in [3.8, 4) is 0 Å². The summed E-state index contributed by atoms with van der Waals surface area (Å²) in [5.41, 5.74) is 1.94. The van der Waals surface area contributed by atoms with Gasteiger partial charge in [0.2, 0.25) is 10.0 Å². The van der Waals surface area contributed by atoms with Gasteiger partial charge in [0.15, 0.2) is 0 Å². The standard InChI is InChI=1S/C23H30N2O5S/c1-16-9-11-18(12-10-16)31(28,29)24-19-14-25(15-21(19)26)20-8-6-5-7-17(20)13-22(27)30-23(2,3)4/h5-12,19,21,24,26H,13-15H2,1-4H3/t19-,21+/m0/s1. The number of benzene rings is 2. The highest BCUT2D eigenvalue weighted by Gasteiger charge is 2.35. The van der Waals surface area contributed by atoms with Crippen molar-refractivity contribution >= 4 is 21.7 Å². The van der Waals surface area contributed by atoms with Crippen LogP contribution in [-0.4, -0.2) is 50.3 Å². The van der Waals surface area contributed by atoms with E-state index in [2.05, 4.69) is 4.72 Å². The number of anilines is 1. The van der Waals surface area contributed by atoms with Crippen LogP contribution in [0.2, 0.25) is 0 Å². The van der Waals surface area contributed by atoms with Gasteiger partial charge < -0.3 is 14.7 Å². The van der Waals surface area contributed by atoms with Gasteiger partial charge in [-0.25, -0.2) is 13.1 Å². The van der Waals surface area contributed by atoms with E-state index in [1.54, 1.807) is 24.3 Å². The number of esters is 1. The molecule has 31 heavy (non-hydrogen) atoms. The topological polar surface area (TPSA) is 95.9 Å². The molecule has 168 valence electrons. The number of aryl methyl sites for hydroxylation is 1. The number of carbonyl (C=O) groups excluding carboxylic acids is 1. The van der Waals surface area contributed by atoms with Gasteiger partial charge in [0.25, 0.3) is 0 Å². The molecule has 0 bridgehead atoms. The average Bonchev–Trinajstić information content (AvgIpc) is 3.00. The zero-order valence-electron chi connectivity index (χ0n) is 18.3. The van der Waals surface area contributed by atoms with E-state index in [1.165, 1.54) is 0 Å². The Bertz CT molecular complexity index is 1030. The van der Waals surface area contributed by atoms with Crippen LogP contribution in [0.1, 0.15) is 31.9 Å². The molecule has 0 aliphatic carbocycles. The summed E-state index contributed by atoms with van der Waals surface area (Å²) in [7, 11) is -3.76. The molecular formula is C23H30N2O5S. The Morgan fingerprint density at radius 1 is 1.13 bits per heavy atom. The van der Waals surface area contributed by atoms with Crippen LogP contribution in [0.4, 0.5) is 5.69 Å². The number of ether oxygens (including phenoxy) is 1.